The fourth-order valence-corrected chi connectivity index (χ4v) is 1.35. The molecule has 1 aliphatic carbocycles. The zero-order valence-corrected chi connectivity index (χ0v) is 6.92. The van der Waals surface area contributed by atoms with Gasteiger partial charge in [0.2, 0.25) is 0 Å². The molecule has 1 saturated heterocycles. The SMILES string of the molecule is C1CN(CNC2CC2)CC[N]1. The van der Waals surface area contributed by atoms with Gasteiger partial charge in [0.15, 0.2) is 0 Å². The topological polar surface area (TPSA) is 29.4 Å². The molecule has 0 aromatic heterocycles. The Balaban J connectivity index is 1.59. The quantitative estimate of drug-likeness (QED) is 0.600. The van der Waals surface area contributed by atoms with E-state index in [2.05, 4.69) is 15.5 Å². The van der Waals surface area contributed by atoms with E-state index in [4.69, 9.17) is 0 Å². The maximum absolute atomic E-state index is 4.30. The van der Waals surface area contributed by atoms with Crippen LogP contribution in [0.2, 0.25) is 0 Å². The summed E-state index contributed by atoms with van der Waals surface area (Å²) in [5.74, 6) is 0. The number of nitrogens with one attached hydrogen (secondary N) is 1. The average molecular weight is 154 g/mol. The van der Waals surface area contributed by atoms with Crippen LogP contribution < -0.4 is 10.6 Å². The molecule has 0 unspecified atom stereocenters. The highest BCUT2D eigenvalue weighted by molar-refractivity contribution is 4.81. The zero-order valence-electron chi connectivity index (χ0n) is 6.92. The van der Waals surface area contributed by atoms with Crippen molar-refractivity contribution in [2.24, 2.45) is 0 Å². The summed E-state index contributed by atoms with van der Waals surface area (Å²) in [7, 11) is 0. The number of hydrogen-bond acceptors (Lipinski definition) is 2. The molecule has 2 aliphatic rings. The van der Waals surface area contributed by atoms with E-state index in [1.807, 2.05) is 0 Å². The van der Waals surface area contributed by atoms with Crippen molar-refractivity contribution in [3.8, 4) is 0 Å². The first kappa shape index (κ1) is 7.53. The summed E-state index contributed by atoms with van der Waals surface area (Å²) in [5.41, 5.74) is 0. The minimum absolute atomic E-state index is 0.842. The first-order valence-electron chi connectivity index (χ1n) is 4.54. The molecule has 1 radical (unpaired) electrons. The van der Waals surface area contributed by atoms with Gasteiger partial charge >= 0.3 is 0 Å². The Morgan fingerprint density at radius 3 is 2.64 bits per heavy atom. The van der Waals surface area contributed by atoms with Gasteiger partial charge in [0, 0.05) is 38.9 Å². The Morgan fingerprint density at radius 1 is 1.27 bits per heavy atom. The van der Waals surface area contributed by atoms with E-state index < -0.39 is 0 Å². The molecule has 3 heteroatoms. The predicted molar refractivity (Wildman–Crippen MR) is 44.5 cm³/mol. The Bertz CT molecular complexity index is 117. The van der Waals surface area contributed by atoms with Gasteiger partial charge < -0.3 is 5.32 Å². The Morgan fingerprint density at radius 2 is 2.00 bits per heavy atom. The fourth-order valence-electron chi connectivity index (χ4n) is 1.35. The van der Waals surface area contributed by atoms with E-state index in [1.165, 1.54) is 12.8 Å². The fraction of sp³-hybridized carbons (Fsp3) is 1.00. The lowest BCUT2D eigenvalue weighted by molar-refractivity contribution is 0.221. The molecule has 2 rings (SSSR count). The predicted octanol–water partition coefficient (Wildman–Crippen LogP) is -0.384. The highest BCUT2D eigenvalue weighted by Crippen LogP contribution is 2.18. The molecule has 1 saturated carbocycles. The molecular weight excluding hydrogens is 138 g/mol. The normalized spacial score (nSPS) is 27.3. The molecular formula is C8H16N3. The summed E-state index contributed by atoms with van der Waals surface area (Å²) >= 11 is 0. The average Bonchev–Trinajstić information content (AvgIpc) is 2.86. The van der Waals surface area contributed by atoms with Crippen LogP contribution in [-0.2, 0) is 0 Å². The largest absolute Gasteiger partial charge is 0.302 e. The molecule has 3 nitrogen and oxygen atoms in total. The smallest absolute Gasteiger partial charge is 0.0483 e. The summed E-state index contributed by atoms with van der Waals surface area (Å²) in [4.78, 5) is 2.45. The number of nitrogens with zero attached hydrogens (tertiary/aromatic N) is 2. The first-order valence-corrected chi connectivity index (χ1v) is 4.54. The maximum Gasteiger partial charge on any atom is 0.0483 e. The van der Waals surface area contributed by atoms with Crippen molar-refractivity contribution in [1.82, 2.24) is 15.5 Å². The molecule has 2 fully saturated rings. The van der Waals surface area contributed by atoms with Crippen LogP contribution in [-0.4, -0.2) is 43.8 Å². The minimum Gasteiger partial charge on any atom is -0.302 e. The molecule has 1 heterocycles. The van der Waals surface area contributed by atoms with E-state index in [0.717, 1.165) is 38.9 Å². The number of hydrogen-bond donors (Lipinski definition) is 1. The van der Waals surface area contributed by atoms with Crippen molar-refractivity contribution < 1.29 is 0 Å². The van der Waals surface area contributed by atoms with Crippen molar-refractivity contribution in [3.05, 3.63) is 0 Å². The third-order valence-electron chi connectivity index (χ3n) is 2.33. The van der Waals surface area contributed by atoms with Gasteiger partial charge in [-0.05, 0) is 12.8 Å². The lowest BCUT2D eigenvalue weighted by atomic mass is 10.4. The summed E-state index contributed by atoms with van der Waals surface area (Å²) < 4.78 is 0. The van der Waals surface area contributed by atoms with E-state index in [-0.39, 0.29) is 0 Å². The van der Waals surface area contributed by atoms with Gasteiger partial charge in [-0.1, -0.05) is 0 Å². The molecule has 1 N–H and O–H groups in total. The highest BCUT2D eigenvalue weighted by Gasteiger charge is 2.21. The summed E-state index contributed by atoms with van der Waals surface area (Å²) in [5, 5.41) is 7.81. The molecule has 63 valence electrons. The molecule has 0 amide bonds. The molecule has 1 aliphatic heterocycles. The van der Waals surface area contributed by atoms with Crippen molar-refractivity contribution in [3.63, 3.8) is 0 Å². The lowest BCUT2D eigenvalue weighted by Gasteiger charge is -2.26. The third kappa shape index (κ3) is 2.43. The maximum atomic E-state index is 4.30. The van der Waals surface area contributed by atoms with Crippen LogP contribution in [0, 0.1) is 0 Å². The molecule has 0 spiro atoms. The monoisotopic (exact) mass is 154 g/mol. The van der Waals surface area contributed by atoms with Gasteiger partial charge in [0.05, 0.1) is 0 Å². The van der Waals surface area contributed by atoms with Gasteiger partial charge in [0.25, 0.3) is 0 Å². The molecule has 0 atom stereocenters. The molecule has 0 aromatic rings. The van der Waals surface area contributed by atoms with Gasteiger partial charge in [-0.2, -0.15) is 0 Å². The zero-order chi connectivity index (χ0) is 7.52. The second-order valence-electron chi connectivity index (χ2n) is 3.43. The summed E-state index contributed by atoms with van der Waals surface area (Å²) in [6.45, 7) is 5.46. The van der Waals surface area contributed by atoms with Crippen molar-refractivity contribution in [1.29, 1.82) is 0 Å². The van der Waals surface area contributed by atoms with E-state index in [0.29, 0.717) is 0 Å². The third-order valence-corrected chi connectivity index (χ3v) is 2.33. The molecule has 0 aromatic carbocycles. The summed E-state index contributed by atoms with van der Waals surface area (Å²) in [6, 6.07) is 0.842. The van der Waals surface area contributed by atoms with Gasteiger partial charge in [-0.15, -0.1) is 0 Å². The van der Waals surface area contributed by atoms with Gasteiger partial charge in [-0.25, -0.2) is 5.32 Å². The highest BCUT2D eigenvalue weighted by atomic mass is 15.3. The Kier molecular flexibility index (Phi) is 2.41. The van der Waals surface area contributed by atoms with Crippen LogP contribution in [0.4, 0.5) is 0 Å². The Labute approximate surface area is 68.1 Å². The van der Waals surface area contributed by atoms with Crippen LogP contribution in [0.25, 0.3) is 0 Å². The van der Waals surface area contributed by atoms with Crippen molar-refractivity contribution in [2.75, 3.05) is 32.8 Å². The Hall–Kier alpha value is -0.120. The summed E-state index contributed by atoms with van der Waals surface area (Å²) in [6.07, 6.45) is 2.77. The minimum atomic E-state index is 0.842. The van der Waals surface area contributed by atoms with Crippen molar-refractivity contribution in [2.45, 2.75) is 18.9 Å². The van der Waals surface area contributed by atoms with E-state index in [1.54, 1.807) is 0 Å². The van der Waals surface area contributed by atoms with Crippen LogP contribution in [0.5, 0.6) is 0 Å². The lowest BCUT2D eigenvalue weighted by Crippen LogP contribution is -2.45. The van der Waals surface area contributed by atoms with Gasteiger partial charge in [-0.3, -0.25) is 4.90 Å². The second kappa shape index (κ2) is 3.52. The van der Waals surface area contributed by atoms with Gasteiger partial charge in [0.1, 0.15) is 0 Å². The van der Waals surface area contributed by atoms with Crippen LogP contribution in [0.1, 0.15) is 12.8 Å². The van der Waals surface area contributed by atoms with Crippen LogP contribution >= 0.6 is 0 Å². The number of piperazine rings is 1. The second-order valence-corrected chi connectivity index (χ2v) is 3.43. The number of rotatable bonds is 3. The van der Waals surface area contributed by atoms with Crippen molar-refractivity contribution >= 4 is 0 Å². The standard InChI is InChI=1S/C8H16N3/c1-2-8(1)10-7-11-5-3-9-4-6-11/h8,10H,1-7H2. The van der Waals surface area contributed by atoms with E-state index >= 15 is 0 Å². The molecule has 11 heavy (non-hydrogen) atoms. The van der Waals surface area contributed by atoms with Crippen LogP contribution in [0.15, 0.2) is 0 Å². The first-order chi connectivity index (χ1) is 5.45. The molecule has 0 bridgehead atoms. The van der Waals surface area contributed by atoms with Crippen LogP contribution in [0.3, 0.4) is 0 Å². The van der Waals surface area contributed by atoms with E-state index in [9.17, 15) is 0 Å².